The van der Waals surface area contributed by atoms with Gasteiger partial charge in [0.2, 0.25) is 5.89 Å². The van der Waals surface area contributed by atoms with E-state index in [1.165, 1.54) is 7.11 Å². The number of para-hydroxylation sites is 1. The van der Waals surface area contributed by atoms with Crippen molar-refractivity contribution in [2.24, 2.45) is 0 Å². The highest BCUT2D eigenvalue weighted by molar-refractivity contribution is 5.45. The van der Waals surface area contributed by atoms with E-state index in [1.54, 1.807) is 13.0 Å². The zero-order valence-electron chi connectivity index (χ0n) is 10.3. The second-order valence-corrected chi connectivity index (χ2v) is 3.81. The minimum absolute atomic E-state index is 0.147. The summed E-state index contributed by atoms with van der Waals surface area (Å²) in [7, 11) is 1.52. The molecule has 96 valence electrons. The number of hydrogen-bond donors (Lipinski definition) is 2. The van der Waals surface area contributed by atoms with E-state index in [2.05, 4.69) is 15.5 Å². The first-order chi connectivity index (χ1) is 8.70. The number of aromatic nitrogens is 2. The average Bonchev–Trinajstić information content (AvgIpc) is 2.77. The quantitative estimate of drug-likeness (QED) is 0.833. The largest absolute Gasteiger partial charge is 0.504 e. The summed E-state index contributed by atoms with van der Waals surface area (Å²) in [5, 5.41) is 16.7. The highest BCUT2D eigenvalue weighted by Crippen LogP contribution is 2.29. The van der Waals surface area contributed by atoms with Crippen LogP contribution in [0.3, 0.4) is 0 Å². The minimum Gasteiger partial charge on any atom is -0.504 e. The number of methoxy groups -OCH3 is 1. The molecule has 6 nitrogen and oxygen atoms in total. The molecule has 0 amide bonds. The molecule has 0 radical (unpaired) electrons. The summed E-state index contributed by atoms with van der Waals surface area (Å²) < 4.78 is 10.0. The maximum absolute atomic E-state index is 9.87. The molecule has 2 aromatic rings. The van der Waals surface area contributed by atoms with Gasteiger partial charge in [-0.15, -0.1) is 0 Å². The fraction of sp³-hybridized carbons (Fsp3) is 0.333. The number of benzene rings is 1. The van der Waals surface area contributed by atoms with Gasteiger partial charge in [-0.2, -0.15) is 4.98 Å². The molecule has 6 heteroatoms. The Morgan fingerprint density at radius 2 is 2.22 bits per heavy atom. The van der Waals surface area contributed by atoms with Crippen molar-refractivity contribution in [1.29, 1.82) is 0 Å². The molecule has 2 rings (SSSR count). The van der Waals surface area contributed by atoms with Crippen molar-refractivity contribution < 1.29 is 14.4 Å². The van der Waals surface area contributed by atoms with E-state index in [4.69, 9.17) is 9.26 Å². The van der Waals surface area contributed by atoms with E-state index in [1.807, 2.05) is 12.1 Å². The zero-order chi connectivity index (χ0) is 13.0. The van der Waals surface area contributed by atoms with Crippen molar-refractivity contribution in [2.75, 3.05) is 7.11 Å². The van der Waals surface area contributed by atoms with Crippen LogP contribution in [0.5, 0.6) is 11.5 Å². The van der Waals surface area contributed by atoms with E-state index >= 15 is 0 Å². The Hall–Kier alpha value is -2.08. The van der Waals surface area contributed by atoms with E-state index in [0.29, 0.717) is 30.6 Å². The van der Waals surface area contributed by atoms with Gasteiger partial charge in [0, 0.05) is 12.1 Å². The Morgan fingerprint density at radius 3 is 2.89 bits per heavy atom. The minimum atomic E-state index is 0.147. The number of ether oxygens (including phenoxy) is 1. The fourth-order valence-corrected chi connectivity index (χ4v) is 1.59. The van der Waals surface area contributed by atoms with Gasteiger partial charge in [0.25, 0.3) is 0 Å². The second-order valence-electron chi connectivity index (χ2n) is 3.81. The van der Waals surface area contributed by atoms with Crippen LogP contribution < -0.4 is 10.1 Å². The van der Waals surface area contributed by atoms with Crippen molar-refractivity contribution in [3.63, 3.8) is 0 Å². The number of nitrogens with one attached hydrogen (secondary N) is 1. The van der Waals surface area contributed by atoms with Gasteiger partial charge in [-0.25, -0.2) is 0 Å². The first kappa shape index (κ1) is 12.4. The van der Waals surface area contributed by atoms with Crippen LogP contribution in [0.2, 0.25) is 0 Å². The predicted octanol–water partition coefficient (Wildman–Crippen LogP) is 1.38. The smallest absolute Gasteiger partial charge is 0.240 e. The van der Waals surface area contributed by atoms with Crippen LogP contribution >= 0.6 is 0 Å². The average molecular weight is 249 g/mol. The van der Waals surface area contributed by atoms with Crippen LogP contribution in [0.15, 0.2) is 22.7 Å². The molecule has 1 aromatic heterocycles. The van der Waals surface area contributed by atoms with Crippen molar-refractivity contribution in [1.82, 2.24) is 15.5 Å². The molecular weight excluding hydrogens is 234 g/mol. The van der Waals surface area contributed by atoms with Crippen LogP contribution in [0, 0.1) is 6.92 Å². The lowest BCUT2D eigenvalue weighted by Crippen LogP contribution is -2.13. The Bertz CT molecular complexity index is 525. The molecule has 2 N–H and O–H groups in total. The van der Waals surface area contributed by atoms with Gasteiger partial charge < -0.3 is 19.7 Å². The Balaban J connectivity index is 1.94. The van der Waals surface area contributed by atoms with Crippen molar-refractivity contribution in [3.05, 3.63) is 35.5 Å². The first-order valence-corrected chi connectivity index (χ1v) is 5.55. The number of aryl methyl sites for hydroxylation is 1. The Kier molecular flexibility index (Phi) is 3.78. The van der Waals surface area contributed by atoms with E-state index in [0.717, 1.165) is 5.56 Å². The zero-order valence-corrected chi connectivity index (χ0v) is 10.3. The topological polar surface area (TPSA) is 80.4 Å². The highest BCUT2D eigenvalue weighted by Gasteiger charge is 2.07. The molecule has 1 aromatic carbocycles. The molecule has 0 fully saturated rings. The molecule has 0 unspecified atom stereocenters. The van der Waals surface area contributed by atoms with Gasteiger partial charge in [0.15, 0.2) is 17.3 Å². The van der Waals surface area contributed by atoms with Crippen LogP contribution in [-0.2, 0) is 13.1 Å². The van der Waals surface area contributed by atoms with Gasteiger partial charge >= 0.3 is 0 Å². The molecule has 18 heavy (non-hydrogen) atoms. The third-order valence-corrected chi connectivity index (χ3v) is 2.46. The maximum atomic E-state index is 9.87. The third-order valence-electron chi connectivity index (χ3n) is 2.46. The highest BCUT2D eigenvalue weighted by atomic mass is 16.5. The molecular formula is C12H15N3O3. The normalized spacial score (nSPS) is 10.6. The molecule has 0 aliphatic rings. The summed E-state index contributed by atoms with van der Waals surface area (Å²) in [5.41, 5.74) is 0.755. The molecule has 0 aliphatic carbocycles. The number of phenols is 1. The van der Waals surface area contributed by atoms with Gasteiger partial charge in [-0.3, -0.25) is 0 Å². The number of phenolic OH excluding ortho intramolecular Hbond substituents is 1. The van der Waals surface area contributed by atoms with E-state index < -0.39 is 0 Å². The number of rotatable bonds is 5. The van der Waals surface area contributed by atoms with E-state index in [-0.39, 0.29) is 5.75 Å². The van der Waals surface area contributed by atoms with Gasteiger partial charge in [0.05, 0.1) is 13.7 Å². The Morgan fingerprint density at radius 1 is 1.39 bits per heavy atom. The second kappa shape index (κ2) is 5.50. The van der Waals surface area contributed by atoms with Crippen LogP contribution in [-0.4, -0.2) is 22.4 Å². The summed E-state index contributed by atoms with van der Waals surface area (Å²) in [5.74, 6) is 1.74. The molecule has 0 spiro atoms. The Labute approximate surface area is 105 Å². The van der Waals surface area contributed by atoms with Crippen molar-refractivity contribution >= 4 is 0 Å². The maximum Gasteiger partial charge on any atom is 0.240 e. The van der Waals surface area contributed by atoms with Crippen LogP contribution in [0.1, 0.15) is 17.3 Å². The first-order valence-electron chi connectivity index (χ1n) is 5.55. The lowest BCUT2D eigenvalue weighted by Gasteiger charge is -2.08. The van der Waals surface area contributed by atoms with Crippen LogP contribution in [0.25, 0.3) is 0 Å². The summed E-state index contributed by atoms with van der Waals surface area (Å²) in [6, 6.07) is 5.36. The van der Waals surface area contributed by atoms with Crippen LogP contribution in [0.4, 0.5) is 0 Å². The van der Waals surface area contributed by atoms with Gasteiger partial charge in [-0.05, 0) is 13.0 Å². The third kappa shape index (κ3) is 2.78. The van der Waals surface area contributed by atoms with Gasteiger partial charge in [0.1, 0.15) is 0 Å². The fourth-order valence-electron chi connectivity index (χ4n) is 1.59. The predicted molar refractivity (Wildman–Crippen MR) is 64.2 cm³/mol. The van der Waals surface area contributed by atoms with Gasteiger partial charge in [-0.1, -0.05) is 17.3 Å². The lowest BCUT2D eigenvalue weighted by atomic mass is 10.2. The summed E-state index contributed by atoms with van der Waals surface area (Å²) in [6.07, 6.45) is 0. The molecule has 0 atom stereocenters. The molecule has 0 saturated heterocycles. The number of nitrogens with zero attached hydrogens (tertiary/aromatic N) is 2. The van der Waals surface area contributed by atoms with E-state index in [9.17, 15) is 5.11 Å². The summed E-state index contributed by atoms with van der Waals surface area (Å²) >= 11 is 0. The van der Waals surface area contributed by atoms with Crippen molar-refractivity contribution in [3.8, 4) is 11.5 Å². The number of aromatic hydroxyl groups is 1. The monoisotopic (exact) mass is 249 g/mol. The lowest BCUT2D eigenvalue weighted by molar-refractivity contribution is 0.359. The molecule has 1 heterocycles. The molecule has 0 saturated carbocycles. The summed E-state index contributed by atoms with van der Waals surface area (Å²) in [4.78, 5) is 4.07. The van der Waals surface area contributed by atoms with Crippen molar-refractivity contribution in [2.45, 2.75) is 20.0 Å². The summed E-state index contributed by atoms with van der Waals surface area (Å²) in [6.45, 7) is 2.71. The number of hydrogen-bond acceptors (Lipinski definition) is 6. The molecule has 0 aliphatic heterocycles. The SMILES string of the molecule is COc1cccc(CNCc2nc(C)no2)c1O. The molecule has 0 bridgehead atoms. The standard InChI is InChI=1S/C12H15N3O3/c1-8-14-11(18-15-8)7-13-6-9-4-3-5-10(17-2)12(9)16/h3-5,13,16H,6-7H2,1-2H3.